The van der Waals surface area contributed by atoms with Crippen molar-refractivity contribution in [2.45, 2.75) is 58.3 Å². The molecule has 184 valence electrons. The van der Waals surface area contributed by atoms with Gasteiger partial charge >= 0.3 is 5.97 Å². The molecule has 2 unspecified atom stereocenters. The molecule has 1 aromatic carbocycles. The largest absolute Gasteiger partial charge is 0.465 e. The van der Waals surface area contributed by atoms with Crippen molar-refractivity contribution in [1.29, 1.82) is 0 Å². The number of carbonyl (C=O) groups is 2. The lowest BCUT2D eigenvalue weighted by Gasteiger charge is -2.22. The van der Waals surface area contributed by atoms with Crippen molar-refractivity contribution < 1.29 is 14.3 Å². The number of rotatable bonds is 12. The molecule has 0 saturated carbocycles. The zero-order chi connectivity index (χ0) is 24.3. The van der Waals surface area contributed by atoms with Gasteiger partial charge in [0.05, 0.1) is 19.2 Å². The molecule has 0 spiro atoms. The number of nitrogens with zero attached hydrogens (tertiary/aromatic N) is 1. The number of carbonyl (C=O) groups excluding carboxylic acids is 2. The van der Waals surface area contributed by atoms with Crippen LogP contribution >= 0.6 is 0 Å². The van der Waals surface area contributed by atoms with Crippen molar-refractivity contribution in [3.05, 3.63) is 65.8 Å². The predicted octanol–water partition coefficient (Wildman–Crippen LogP) is 5.75. The van der Waals surface area contributed by atoms with Crippen LogP contribution in [0.5, 0.6) is 0 Å². The van der Waals surface area contributed by atoms with E-state index < -0.39 is 0 Å². The van der Waals surface area contributed by atoms with Gasteiger partial charge in [0.25, 0.3) is 0 Å². The lowest BCUT2D eigenvalue weighted by Crippen LogP contribution is -2.36. The fourth-order valence-electron chi connectivity index (χ4n) is 5.09. The highest BCUT2D eigenvalue weighted by Gasteiger charge is 2.26. The quantitative estimate of drug-likeness (QED) is 0.401. The minimum absolute atomic E-state index is 0.123. The molecular formula is C29H40N2O3. The van der Waals surface area contributed by atoms with E-state index in [-0.39, 0.29) is 18.4 Å². The van der Waals surface area contributed by atoms with Gasteiger partial charge in [0.15, 0.2) is 0 Å². The minimum Gasteiger partial charge on any atom is -0.465 e. The van der Waals surface area contributed by atoms with Gasteiger partial charge in [0, 0.05) is 18.8 Å². The van der Waals surface area contributed by atoms with E-state index in [4.69, 9.17) is 4.74 Å². The maximum absolute atomic E-state index is 12.7. The minimum atomic E-state index is -0.368. The molecule has 0 radical (unpaired) electrons. The SMILES string of the molecule is C=C(NCC(=O)N1CCC(CCCC(CCC)C2=CC=CCC2)C1)c1ccc(C(=O)OC)cc1. The summed E-state index contributed by atoms with van der Waals surface area (Å²) in [5, 5.41) is 3.15. The molecule has 1 amide bonds. The smallest absolute Gasteiger partial charge is 0.337 e. The molecule has 1 aliphatic carbocycles. The van der Waals surface area contributed by atoms with Crippen LogP contribution in [0.3, 0.4) is 0 Å². The molecule has 1 aliphatic heterocycles. The van der Waals surface area contributed by atoms with Gasteiger partial charge in [-0.1, -0.05) is 62.3 Å². The third kappa shape index (κ3) is 7.34. The molecule has 34 heavy (non-hydrogen) atoms. The summed E-state index contributed by atoms with van der Waals surface area (Å²) in [6, 6.07) is 7.02. The number of hydrogen-bond donors (Lipinski definition) is 1. The van der Waals surface area contributed by atoms with E-state index in [1.165, 1.54) is 52.1 Å². The summed E-state index contributed by atoms with van der Waals surface area (Å²) in [7, 11) is 1.36. The summed E-state index contributed by atoms with van der Waals surface area (Å²) in [6.07, 6.45) is 16.6. The Hall–Kier alpha value is -2.82. The highest BCUT2D eigenvalue weighted by atomic mass is 16.5. The summed E-state index contributed by atoms with van der Waals surface area (Å²) < 4.78 is 4.72. The Morgan fingerprint density at radius 3 is 2.65 bits per heavy atom. The predicted molar refractivity (Wildman–Crippen MR) is 138 cm³/mol. The Labute approximate surface area is 204 Å². The van der Waals surface area contributed by atoms with Crippen LogP contribution in [-0.4, -0.2) is 43.5 Å². The molecule has 1 fully saturated rings. The Morgan fingerprint density at radius 2 is 1.97 bits per heavy atom. The molecule has 1 aromatic rings. The number of methoxy groups -OCH3 is 1. The number of ether oxygens (including phenoxy) is 1. The van der Waals surface area contributed by atoms with Crippen LogP contribution in [0.25, 0.3) is 5.70 Å². The molecular weight excluding hydrogens is 424 g/mol. The molecule has 5 nitrogen and oxygen atoms in total. The van der Waals surface area contributed by atoms with Crippen LogP contribution in [0.1, 0.15) is 74.2 Å². The third-order valence-corrected chi connectivity index (χ3v) is 7.12. The van der Waals surface area contributed by atoms with Crippen molar-refractivity contribution in [3.8, 4) is 0 Å². The van der Waals surface area contributed by atoms with Crippen LogP contribution in [0.4, 0.5) is 0 Å². The van der Waals surface area contributed by atoms with E-state index in [1.807, 2.05) is 17.0 Å². The second-order valence-electron chi connectivity index (χ2n) is 9.52. The first-order chi connectivity index (χ1) is 16.5. The van der Waals surface area contributed by atoms with Gasteiger partial charge in [-0.3, -0.25) is 4.79 Å². The van der Waals surface area contributed by atoms with Crippen LogP contribution in [-0.2, 0) is 9.53 Å². The summed E-state index contributed by atoms with van der Waals surface area (Å²) in [5.74, 6) is 1.09. The number of nitrogens with one attached hydrogen (secondary N) is 1. The van der Waals surface area contributed by atoms with E-state index in [2.05, 4.69) is 37.0 Å². The van der Waals surface area contributed by atoms with Crippen LogP contribution in [0.15, 0.2) is 54.6 Å². The number of likely N-dealkylation sites (tertiary alicyclic amines) is 1. The Kier molecular flexibility index (Phi) is 9.99. The topological polar surface area (TPSA) is 58.6 Å². The summed E-state index contributed by atoms with van der Waals surface area (Å²) in [4.78, 5) is 26.3. The molecule has 0 aromatic heterocycles. The van der Waals surface area contributed by atoms with Gasteiger partial charge in [0.2, 0.25) is 5.91 Å². The molecule has 2 atom stereocenters. The third-order valence-electron chi connectivity index (χ3n) is 7.12. The van der Waals surface area contributed by atoms with Crippen LogP contribution in [0.2, 0.25) is 0 Å². The van der Waals surface area contributed by atoms with Gasteiger partial charge in [-0.25, -0.2) is 4.79 Å². The van der Waals surface area contributed by atoms with Gasteiger partial charge in [-0.05, 0) is 68.1 Å². The van der Waals surface area contributed by atoms with Gasteiger partial charge in [0.1, 0.15) is 0 Å². The second kappa shape index (κ2) is 13.2. The van der Waals surface area contributed by atoms with E-state index in [0.29, 0.717) is 17.2 Å². The first kappa shape index (κ1) is 25.8. The highest BCUT2D eigenvalue weighted by molar-refractivity contribution is 5.89. The monoisotopic (exact) mass is 464 g/mol. The molecule has 1 saturated heterocycles. The van der Waals surface area contributed by atoms with E-state index >= 15 is 0 Å². The average Bonchev–Trinajstić information content (AvgIpc) is 3.35. The zero-order valence-electron chi connectivity index (χ0n) is 20.9. The maximum atomic E-state index is 12.7. The Balaban J connectivity index is 1.38. The molecule has 1 heterocycles. The summed E-state index contributed by atoms with van der Waals surface area (Å²) >= 11 is 0. The van der Waals surface area contributed by atoms with Crippen molar-refractivity contribution in [1.82, 2.24) is 10.2 Å². The molecule has 5 heteroatoms. The normalized spacial score (nSPS) is 18.4. The van der Waals surface area contributed by atoms with E-state index in [1.54, 1.807) is 17.7 Å². The number of benzene rings is 1. The standard InChI is InChI=1S/C29H40N2O3/c1-4-9-25(26-11-6-5-7-12-26)13-8-10-23-18-19-31(21-23)28(32)20-30-22(2)24-14-16-27(17-15-24)29(33)34-3/h5-6,11,14-17,23,25,30H,2,4,7-10,12-13,18-21H2,1,3H3. The van der Waals surface area contributed by atoms with Crippen LogP contribution in [0, 0.1) is 11.8 Å². The van der Waals surface area contributed by atoms with Gasteiger partial charge in [-0.15, -0.1) is 0 Å². The highest BCUT2D eigenvalue weighted by Crippen LogP contribution is 2.31. The zero-order valence-corrected chi connectivity index (χ0v) is 20.9. The lowest BCUT2D eigenvalue weighted by atomic mass is 9.84. The maximum Gasteiger partial charge on any atom is 0.337 e. The Bertz CT molecular complexity index is 900. The summed E-state index contributed by atoms with van der Waals surface area (Å²) in [6.45, 7) is 8.27. The summed E-state index contributed by atoms with van der Waals surface area (Å²) in [5.41, 5.74) is 3.66. The molecule has 0 bridgehead atoms. The average molecular weight is 465 g/mol. The number of amides is 1. The van der Waals surface area contributed by atoms with Crippen molar-refractivity contribution in [2.75, 3.05) is 26.7 Å². The molecule has 1 N–H and O–H groups in total. The fourth-order valence-corrected chi connectivity index (χ4v) is 5.09. The van der Waals surface area contributed by atoms with Crippen molar-refractivity contribution in [2.24, 2.45) is 11.8 Å². The first-order valence-corrected chi connectivity index (χ1v) is 12.8. The first-order valence-electron chi connectivity index (χ1n) is 12.8. The van der Waals surface area contributed by atoms with Gasteiger partial charge in [-0.2, -0.15) is 0 Å². The van der Waals surface area contributed by atoms with E-state index in [0.717, 1.165) is 31.0 Å². The van der Waals surface area contributed by atoms with Crippen LogP contribution < -0.4 is 5.32 Å². The number of allylic oxidation sites excluding steroid dienone is 4. The fraction of sp³-hybridized carbons (Fsp3) is 0.517. The Morgan fingerprint density at radius 1 is 1.21 bits per heavy atom. The van der Waals surface area contributed by atoms with E-state index in [9.17, 15) is 9.59 Å². The van der Waals surface area contributed by atoms with Crippen molar-refractivity contribution >= 4 is 17.6 Å². The van der Waals surface area contributed by atoms with Gasteiger partial charge < -0.3 is 15.0 Å². The van der Waals surface area contributed by atoms with Crippen molar-refractivity contribution in [3.63, 3.8) is 0 Å². The molecule has 3 rings (SSSR count). The lowest BCUT2D eigenvalue weighted by molar-refractivity contribution is -0.129. The second-order valence-corrected chi connectivity index (χ2v) is 9.52. The molecule has 2 aliphatic rings. The number of esters is 1. The number of hydrogen-bond acceptors (Lipinski definition) is 4.